The molecule has 1 heterocycles. The van der Waals surface area contributed by atoms with E-state index in [1.54, 1.807) is 6.08 Å². The summed E-state index contributed by atoms with van der Waals surface area (Å²) in [6.45, 7) is -0.194. The maximum absolute atomic E-state index is 12.4. The average molecular weight is 478 g/mol. The Morgan fingerprint density at radius 2 is 1.77 bits per heavy atom. The van der Waals surface area contributed by atoms with Gasteiger partial charge in [0.2, 0.25) is 5.91 Å². The van der Waals surface area contributed by atoms with E-state index >= 15 is 0 Å². The number of halogens is 2. The first-order valence-electron chi connectivity index (χ1n) is 9.15. The third-order valence-corrected chi connectivity index (χ3v) is 5.67. The minimum Gasteiger partial charge on any atom is -0.353 e. The molecule has 160 valence electrons. The normalized spacial score (nSPS) is 14.8. The van der Waals surface area contributed by atoms with Crippen LogP contribution in [0.5, 0.6) is 0 Å². The molecule has 0 aromatic heterocycles. The lowest BCUT2D eigenvalue weighted by Gasteiger charge is -2.13. The van der Waals surface area contributed by atoms with Gasteiger partial charge in [-0.1, -0.05) is 53.5 Å². The minimum absolute atomic E-state index is 0.0273. The summed E-state index contributed by atoms with van der Waals surface area (Å²) in [5.74, 6) is -1.39. The number of nitrogens with one attached hydrogen (secondary N) is 2. The van der Waals surface area contributed by atoms with Crippen LogP contribution < -0.4 is 10.6 Å². The quantitative estimate of drug-likeness (QED) is 0.594. The Morgan fingerprint density at radius 3 is 2.48 bits per heavy atom. The van der Waals surface area contributed by atoms with Crippen molar-refractivity contribution in [2.24, 2.45) is 0 Å². The van der Waals surface area contributed by atoms with Crippen molar-refractivity contribution >= 4 is 64.0 Å². The second kappa shape index (κ2) is 10.5. The molecule has 0 aliphatic carbocycles. The van der Waals surface area contributed by atoms with Crippen LogP contribution in [0, 0.1) is 0 Å². The molecular weight excluding hydrogens is 461 g/mol. The van der Waals surface area contributed by atoms with Crippen molar-refractivity contribution in [3.63, 3.8) is 0 Å². The molecule has 7 nitrogen and oxygen atoms in total. The van der Waals surface area contributed by atoms with E-state index in [2.05, 4.69) is 10.6 Å². The summed E-state index contributed by atoms with van der Waals surface area (Å²) in [6, 6.07) is 13.6. The van der Waals surface area contributed by atoms with E-state index in [1.165, 1.54) is 18.2 Å². The second-order valence-corrected chi connectivity index (χ2v) is 8.24. The number of nitrogens with zero attached hydrogens (tertiary/aromatic N) is 1. The second-order valence-electron chi connectivity index (χ2n) is 6.40. The molecule has 3 rings (SSSR count). The molecule has 2 aromatic carbocycles. The van der Waals surface area contributed by atoms with Crippen molar-refractivity contribution in [1.82, 2.24) is 15.5 Å². The summed E-state index contributed by atoms with van der Waals surface area (Å²) in [4.78, 5) is 50.1. The zero-order valence-electron chi connectivity index (χ0n) is 16.1. The minimum atomic E-state index is -0.520. The molecule has 0 saturated carbocycles. The van der Waals surface area contributed by atoms with Crippen molar-refractivity contribution in [2.45, 2.75) is 0 Å². The molecule has 1 aliphatic rings. The largest absolute Gasteiger partial charge is 0.353 e. The summed E-state index contributed by atoms with van der Waals surface area (Å²) in [6.07, 6.45) is 1.65. The van der Waals surface area contributed by atoms with Crippen molar-refractivity contribution in [1.29, 1.82) is 0 Å². The molecule has 2 N–H and O–H groups in total. The number of benzene rings is 2. The number of carbonyl (C=O) groups is 4. The number of carbonyl (C=O) groups excluding carboxylic acids is 4. The molecule has 31 heavy (non-hydrogen) atoms. The van der Waals surface area contributed by atoms with Crippen molar-refractivity contribution in [3.05, 3.63) is 74.6 Å². The van der Waals surface area contributed by atoms with E-state index in [-0.39, 0.29) is 30.2 Å². The van der Waals surface area contributed by atoms with Crippen LogP contribution in [0.15, 0.2) is 53.4 Å². The van der Waals surface area contributed by atoms with Crippen molar-refractivity contribution in [3.8, 4) is 0 Å². The highest BCUT2D eigenvalue weighted by Gasteiger charge is 2.34. The van der Waals surface area contributed by atoms with Crippen LogP contribution in [0.2, 0.25) is 10.0 Å². The molecule has 1 fully saturated rings. The molecular formula is C21H17Cl2N3O4S. The molecule has 1 aliphatic heterocycles. The third kappa shape index (κ3) is 6.10. The third-order valence-electron chi connectivity index (χ3n) is 4.21. The van der Waals surface area contributed by atoms with Crippen molar-refractivity contribution < 1.29 is 19.2 Å². The van der Waals surface area contributed by atoms with Gasteiger partial charge in [0.15, 0.2) is 0 Å². The summed E-state index contributed by atoms with van der Waals surface area (Å²) in [5, 5.41) is 5.19. The molecule has 10 heteroatoms. The lowest BCUT2D eigenvalue weighted by Crippen LogP contribution is -2.41. The molecule has 0 radical (unpaired) electrons. The van der Waals surface area contributed by atoms with Gasteiger partial charge < -0.3 is 10.6 Å². The number of amides is 4. The van der Waals surface area contributed by atoms with E-state index in [0.717, 1.165) is 22.2 Å². The lowest BCUT2D eigenvalue weighted by molar-refractivity contribution is -0.124. The Hall–Kier alpha value is -2.81. The Labute approximate surface area is 192 Å². The molecule has 0 unspecified atom stereocenters. The van der Waals surface area contributed by atoms with E-state index < -0.39 is 23.0 Å². The van der Waals surface area contributed by atoms with E-state index in [4.69, 9.17) is 23.2 Å². The Kier molecular flexibility index (Phi) is 7.73. The molecule has 2 aromatic rings. The van der Waals surface area contributed by atoms with Gasteiger partial charge in [-0.3, -0.25) is 24.1 Å². The van der Waals surface area contributed by atoms with Crippen LogP contribution in [-0.2, 0) is 9.59 Å². The van der Waals surface area contributed by atoms with Crippen LogP contribution in [0.1, 0.15) is 15.9 Å². The molecule has 4 amide bonds. The summed E-state index contributed by atoms with van der Waals surface area (Å²) in [5.41, 5.74) is 1.01. The topological polar surface area (TPSA) is 95.6 Å². The van der Waals surface area contributed by atoms with E-state index in [1.807, 2.05) is 30.3 Å². The van der Waals surface area contributed by atoms with Gasteiger partial charge in [-0.25, -0.2) is 0 Å². The number of thioether (sulfide) groups is 1. The van der Waals surface area contributed by atoms with E-state index in [9.17, 15) is 19.2 Å². The molecule has 0 bridgehead atoms. The smallest absolute Gasteiger partial charge is 0.293 e. The van der Waals surface area contributed by atoms with Crippen LogP contribution in [0.3, 0.4) is 0 Å². The highest BCUT2D eigenvalue weighted by molar-refractivity contribution is 8.18. The highest BCUT2D eigenvalue weighted by Crippen LogP contribution is 2.31. The lowest BCUT2D eigenvalue weighted by atomic mass is 10.2. The highest BCUT2D eigenvalue weighted by atomic mass is 35.5. The zero-order valence-corrected chi connectivity index (χ0v) is 18.4. The number of hydrogen-bond acceptors (Lipinski definition) is 5. The maximum atomic E-state index is 12.4. The van der Waals surface area contributed by atoms with Gasteiger partial charge >= 0.3 is 0 Å². The summed E-state index contributed by atoms with van der Waals surface area (Å²) >= 11 is 12.6. The van der Waals surface area contributed by atoms with Gasteiger partial charge in [0.25, 0.3) is 17.1 Å². The van der Waals surface area contributed by atoms with Crippen molar-refractivity contribution in [2.75, 3.05) is 19.6 Å². The first-order valence-corrected chi connectivity index (χ1v) is 10.7. The first kappa shape index (κ1) is 22.9. The van der Waals surface area contributed by atoms with Gasteiger partial charge in [0.1, 0.15) is 0 Å². The van der Waals surface area contributed by atoms with Crippen LogP contribution in [-0.4, -0.2) is 47.5 Å². The van der Waals surface area contributed by atoms with Gasteiger partial charge in [0.05, 0.1) is 22.0 Å². The molecule has 0 atom stereocenters. The predicted molar refractivity (Wildman–Crippen MR) is 121 cm³/mol. The van der Waals surface area contributed by atoms with Gasteiger partial charge in [-0.2, -0.15) is 0 Å². The zero-order chi connectivity index (χ0) is 22.4. The SMILES string of the molecule is O=C(CNC(=O)c1ccc(Cl)cc1Cl)NCCN1C(=O)S/C(=C\c2ccccc2)C1=O. The fourth-order valence-corrected chi connectivity index (χ4v) is 4.05. The molecule has 1 saturated heterocycles. The average Bonchev–Trinajstić information content (AvgIpc) is 3.00. The fourth-order valence-electron chi connectivity index (χ4n) is 2.69. The van der Waals surface area contributed by atoms with E-state index in [0.29, 0.717) is 9.93 Å². The predicted octanol–water partition coefficient (Wildman–Crippen LogP) is 3.58. The summed E-state index contributed by atoms with van der Waals surface area (Å²) in [7, 11) is 0. The van der Waals surface area contributed by atoms with Crippen LogP contribution in [0.25, 0.3) is 6.08 Å². The standard InChI is InChI=1S/C21H17Cl2N3O4S/c22-14-6-7-15(16(23)11-14)19(28)25-12-18(27)24-8-9-26-20(29)17(31-21(26)30)10-13-4-2-1-3-5-13/h1-7,10-11H,8-9,12H2,(H,24,27)(H,25,28)/b17-10-. The maximum Gasteiger partial charge on any atom is 0.293 e. The van der Waals surface area contributed by atoms with Crippen LogP contribution in [0.4, 0.5) is 4.79 Å². The van der Waals surface area contributed by atoms with Gasteiger partial charge in [0, 0.05) is 18.1 Å². The number of rotatable bonds is 7. The fraction of sp³-hybridized carbons (Fsp3) is 0.143. The number of imide groups is 1. The van der Waals surface area contributed by atoms with Crippen LogP contribution >= 0.6 is 35.0 Å². The number of hydrogen-bond donors (Lipinski definition) is 2. The Balaban J connectivity index is 1.46. The first-order chi connectivity index (χ1) is 14.8. The molecule has 0 spiro atoms. The van der Waals surface area contributed by atoms with Gasteiger partial charge in [-0.05, 0) is 41.6 Å². The van der Waals surface area contributed by atoms with Gasteiger partial charge in [-0.15, -0.1) is 0 Å². The Bertz CT molecular complexity index is 1060. The summed E-state index contributed by atoms with van der Waals surface area (Å²) < 4.78 is 0. The monoisotopic (exact) mass is 477 g/mol. The Morgan fingerprint density at radius 1 is 1.03 bits per heavy atom.